The first-order valence-electron chi connectivity index (χ1n) is 17.0. The summed E-state index contributed by atoms with van der Waals surface area (Å²) in [5, 5.41) is 6.13. The highest BCUT2D eigenvalue weighted by atomic mass is 32.2. The van der Waals surface area contributed by atoms with Gasteiger partial charge in [0.2, 0.25) is 15.9 Å². The average molecular weight is 714 g/mol. The number of anilines is 2. The molecule has 0 atom stereocenters. The van der Waals surface area contributed by atoms with Gasteiger partial charge in [0.15, 0.2) is 0 Å². The summed E-state index contributed by atoms with van der Waals surface area (Å²) in [6, 6.07) is 14.5. The number of aromatic nitrogens is 1. The fraction of sp³-hybridized carbons (Fsp3) is 0.472. The van der Waals surface area contributed by atoms with Crippen LogP contribution in [-0.2, 0) is 31.1 Å². The number of nitrogens with one attached hydrogen (secondary N) is 2. The van der Waals surface area contributed by atoms with Crippen LogP contribution in [0.5, 0.6) is 0 Å². The number of amides is 2. The van der Waals surface area contributed by atoms with E-state index in [1.54, 1.807) is 29.2 Å². The minimum Gasteiger partial charge on any atom is -0.443 e. The highest BCUT2D eigenvalue weighted by Crippen LogP contribution is 2.46. The molecule has 1 spiro atoms. The van der Waals surface area contributed by atoms with E-state index in [2.05, 4.69) is 15.6 Å². The topological polar surface area (TPSA) is 121 Å². The second kappa shape index (κ2) is 13.5. The summed E-state index contributed by atoms with van der Waals surface area (Å²) in [4.78, 5) is 31.9. The maximum atomic E-state index is 13.5. The largest absolute Gasteiger partial charge is 0.443 e. The van der Waals surface area contributed by atoms with Crippen LogP contribution in [-0.4, -0.2) is 72.4 Å². The van der Waals surface area contributed by atoms with Gasteiger partial charge >= 0.3 is 12.3 Å². The van der Waals surface area contributed by atoms with Crippen molar-refractivity contribution in [1.29, 1.82) is 0 Å². The SMILES string of the molecule is CCCC(C)(C)OC(=O)N1CCC2(CC1)C(=O)Nc1ccc(-c3ccc(S(=O)(=O)N4CCC(Nc5ccc(C(F)(F)F)cn5)CC4)cc3)cc12. The fourth-order valence-electron chi connectivity index (χ4n) is 7.18. The summed E-state index contributed by atoms with van der Waals surface area (Å²) in [5.41, 5.74) is 1.10. The van der Waals surface area contributed by atoms with Crippen LogP contribution in [0.15, 0.2) is 65.7 Å². The minimum atomic E-state index is -4.46. The van der Waals surface area contributed by atoms with Crippen molar-refractivity contribution in [3.05, 3.63) is 71.9 Å². The first kappa shape index (κ1) is 35.6. The molecule has 2 saturated heterocycles. The Morgan fingerprint density at radius 1 is 1.00 bits per heavy atom. The number of pyridine rings is 1. The molecular formula is C36H42F3N5O5S. The van der Waals surface area contributed by atoms with Crippen LogP contribution >= 0.6 is 0 Å². The first-order valence-corrected chi connectivity index (χ1v) is 18.4. The Labute approximate surface area is 290 Å². The Hall–Kier alpha value is -4.17. The molecule has 3 aromatic rings. The molecule has 2 amide bonds. The predicted octanol–water partition coefficient (Wildman–Crippen LogP) is 7.03. The molecular weight excluding hydrogens is 671 g/mol. The smallest absolute Gasteiger partial charge is 0.417 e. The number of piperidine rings is 2. The number of halogens is 3. The lowest BCUT2D eigenvalue weighted by Gasteiger charge is -2.39. The van der Waals surface area contributed by atoms with E-state index in [4.69, 9.17) is 4.74 Å². The van der Waals surface area contributed by atoms with Gasteiger partial charge in [0.1, 0.15) is 11.4 Å². The van der Waals surface area contributed by atoms with Crippen molar-refractivity contribution in [2.24, 2.45) is 0 Å². The molecule has 268 valence electrons. The number of hydrogen-bond acceptors (Lipinski definition) is 7. The van der Waals surface area contributed by atoms with Gasteiger partial charge in [0, 0.05) is 44.1 Å². The molecule has 6 rings (SSSR count). The summed E-state index contributed by atoms with van der Waals surface area (Å²) in [6.45, 7) is 7.14. The molecule has 0 unspecified atom stereocenters. The second-order valence-corrected chi connectivity index (χ2v) is 15.9. The number of fused-ring (bicyclic) bond motifs is 2. The van der Waals surface area contributed by atoms with Crippen LogP contribution in [0, 0.1) is 0 Å². The summed E-state index contributed by atoms with van der Waals surface area (Å²) in [6.07, 6.45) is -0.526. The Morgan fingerprint density at radius 3 is 2.26 bits per heavy atom. The molecule has 2 aromatic carbocycles. The van der Waals surface area contributed by atoms with Gasteiger partial charge in [0.05, 0.1) is 15.9 Å². The normalized spacial score (nSPS) is 18.5. The lowest BCUT2D eigenvalue weighted by Crippen LogP contribution is -2.49. The molecule has 14 heteroatoms. The van der Waals surface area contributed by atoms with E-state index in [0.717, 1.165) is 47.5 Å². The number of carbonyl (C=O) groups is 2. The van der Waals surface area contributed by atoms with Crippen molar-refractivity contribution in [3.63, 3.8) is 0 Å². The zero-order chi connectivity index (χ0) is 35.9. The zero-order valence-electron chi connectivity index (χ0n) is 28.3. The molecule has 3 aliphatic rings. The number of nitrogens with zero attached hydrogens (tertiary/aromatic N) is 3. The Morgan fingerprint density at radius 2 is 1.66 bits per heavy atom. The molecule has 10 nitrogen and oxygen atoms in total. The summed E-state index contributed by atoms with van der Waals surface area (Å²) in [5.74, 6) is 0.227. The van der Waals surface area contributed by atoms with E-state index in [1.807, 2.05) is 39.0 Å². The monoisotopic (exact) mass is 713 g/mol. The van der Waals surface area contributed by atoms with E-state index in [9.17, 15) is 31.2 Å². The van der Waals surface area contributed by atoms with Crippen LogP contribution in [0.4, 0.5) is 29.5 Å². The number of carbonyl (C=O) groups excluding carboxylic acids is 2. The average Bonchev–Trinajstić information content (AvgIpc) is 3.34. The number of sulfonamides is 1. The summed E-state index contributed by atoms with van der Waals surface area (Å²) >= 11 is 0. The highest BCUT2D eigenvalue weighted by Gasteiger charge is 2.49. The van der Waals surface area contributed by atoms with Crippen molar-refractivity contribution in [1.82, 2.24) is 14.2 Å². The van der Waals surface area contributed by atoms with Gasteiger partial charge in [-0.25, -0.2) is 18.2 Å². The lowest BCUT2D eigenvalue weighted by molar-refractivity contribution is -0.137. The molecule has 50 heavy (non-hydrogen) atoms. The van der Waals surface area contributed by atoms with E-state index in [1.165, 1.54) is 10.4 Å². The number of rotatable bonds is 8. The van der Waals surface area contributed by atoms with Crippen LogP contribution in [0.1, 0.15) is 70.4 Å². The van der Waals surface area contributed by atoms with Crippen LogP contribution < -0.4 is 10.6 Å². The molecule has 0 aliphatic carbocycles. The third-order valence-corrected chi connectivity index (χ3v) is 11.9. The number of likely N-dealkylation sites (tertiary alicyclic amines) is 1. The molecule has 2 N–H and O–H groups in total. The van der Waals surface area contributed by atoms with Crippen LogP contribution in [0.2, 0.25) is 0 Å². The van der Waals surface area contributed by atoms with Gasteiger partial charge in [-0.15, -0.1) is 0 Å². The van der Waals surface area contributed by atoms with E-state index >= 15 is 0 Å². The molecule has 0 bridgehead atoms. The third kappa shape index (κ3) is 7.18. The Kier molecular flexibility index (Phi) is 9.64. The number of ether oxygens (including phenoxy) is 1. The minimum absolute atomic E-state index is 0.0833. The van der Waals surface area contributed by atoms with Gasteiger partial charge in [-0.2, -0.15) is 17.5 Å². The fourth-order valence-corrected chi connectivity index (χ4v) is 8.65. The number of alkyl halides is 3. The van der Waals surface area contributed by atoms with Gasteiger partial charge in [-0.05, 0) is 99.0 Å². The predicted molar refractivity (Wildman–Crippen MR) is 183 cm³/mol. The quantitative estimate of drug-likeness (QED) is 0.257. The van der Waals surface area contributed by atoms with Crippen LogP contribution in [0.25, 0.3) is 11.1 Å². The molecule has 0 radical (unpaired) electrons. The van der Waals surface area contributed by atoms with Gasteiger partial charge < -0.3 is 20.3 Å². The zero-order valence-corrected chi connectivity index (χ0v) is 29.2. The molecule has 1 aromatic heterocycles. The maximum absolute atomic E-state index is 13.5. The van der Waals surface area contributed by atoms with Crippen molar-refractivity contribution in [3.8, 4) is 11.1 Å². The number of benzene rings is 2. The highest BCUT2D eigenvalue weighted by molar-refractivity contribution is 7.89. The lowest BCUT2D eigenvalue weighted by atomic mass is 9.73. The second-order valence-electron chi connectivity index (χ2n) is 13.9. The molecule has 0 saturated carbocycles. The van der Waals surface area contributed by atoms with Crippen molar-refractivity contribution in [2.75, 3.05) is 36.8 Å². The summed E-state index contributed by atoms with van der Waals surface area (Å²) in [7, 11) is -3.78. The standard InChI is InChI=1S/C36H42F3N5O5S/c1-4-15-34(2,3)49-33(46)43-20-16-35(17-21-43)29-22-25(7-11-30(29)42-32(35)45)24-5-9-28(10-6-24)50(47,48)44-18-13-27(14-19-44)41-31-12-8-26(23-40-31)36(37,38)39/h5-12,22-23,27H,4,13-21H2,1-3H3,(H,40,41)(H,42,45). The molecule has 3 aliphatic heterocycles. The first-order chi connectivity index (χ1) is 23.6. The number of hydrogen-bond donors (Lipinski definition) is 2. The van der Waals surface area contributed by atoms with Crippen LogP contribution in [0.3, 0.4) is 0 Å². The van der Waals surface area contributed by atoms with Gasteiger partial charge in [-0.1, -0.05) is 31.5 Å². The summed E-state index contributed by atoms with van der Waals surface area (Å²) < 4.78 is 72.7. The Balaban J connectivity index is 1.09. The maximum Gasteiger partial charge on any atom is 0.417 e. The van der Waals surface area contributed by atoms with E-state index in [-0.39, 0.29) is 36.0 Å². The van der Waals surface area contributed by atoms with Gasteiger partial charge in [-0.3, -0.25) is 4.79 Å². The van der Waals surface area contributed by atoms with Crippen molar-refractivity contribution < 1.29 is 35.9 Å². The third-order valence-electron chi connectivity index (χ3n) is 10.0. The van der Waals surface area contributed by atoms with Crippen molar-refractivity contribution >= 4 is 33.5 Å². The Bertz CT molecular complexity index is 1830. The van der Waals surface area contributed by atoms with E-state index < -0.39 is 32.8 Å². The van der Waals surface area contributed by atoms with E-state index in [0.29, 0.717) is 44.6 Å². The molecule has 4 heterocycles. The van der Waals surface area contributed by atoms with Gasteiger partial charge in [0.25, 0.3) is 0 Å². The van der Waals surface area contributed by atoms with Crippen molar-refractivity contribution in [2.45, 2.75) is 87.4 Å². The molecule has 2 fully saturated rings.